The number of nitrogen functional groups attached to an aromatic ring is 1. The van der Waals surface area contributed by atoms with Gasteiger partial charge in [-0.3, -0.25) is 14.9 Å². The van der Waals surface area contributed by atoms with Crippen molar-refractivity contribution in [2.24, 2.45) is 0 Å². The molecule has 0 bridgehead atoms. The quantitative estimate of drug-likeness (QED) is 0.521. The molecule has 0 radical (unpaired) electrons. The second kappa shape index (κ2) is 5.23. The number of amides is 1. The lowest BCUT2D eigenvalue weighted by molar-refractivity contribution is -0.384. The summed E-state index contributed by atoms with van der Waals surface area (Å²) in [6.45, 7) is 1.61. The van der Waals surface area contributed by atoms with E-state index >= 15 is 0 Å². The van der Waals surface area contributed by atoms with Crippen LogP contribution in [-0.4, -0.2) is 39.4 Å². The van der Waals surface area contributed by atoms with Crippen LogP contribution in [0.15, 0.2) is 24.7 Å². The van der Waals surface area contributed by atoms with E-state index in [2.05, 4.69) is 4.98 Å². The molecule has 0 aliphatic heterocycles. The van der Waals surface area contributed by atoms with Crippen molar-refractivity contribution in [3.05, 3.63) is 46.0 Å². The fraction of sp³-hybridized carbons (Fsp3) is 0.231. The van der Waals surface area contributed by atoms with Gasteiger partial charge in [-0.05, 0) is 19.1 Å². The molecule has 0 spiro atoms. The number of nitrogens with two attached hydrogens (primary N) is 1. The molecule has 2 aromatic rings. The second-order valence-electron chi connectivity index (χ2n) is 4.82. The van der Waals surface area contributed by atoms with E-state index in [1.54, 1.807) is 37.8 Å². The van der Waals surface area contributed by atoms with Crippen LogP contribution in [0.5, 0.6) is 0 Å². The standard InChI is InChI=1S/C13H15N5O3/c1-8-4-9(5-10(14)12(8)18(20)21)17-6-11(15-7-17)13(19)16(2)3/h4-7H,14H2,1-3H3. The summed E-state index contributed by atoms with van der Waals surface area (Å²) in [6.07, 6.45) is 3.03. The number of carbonyl (C=O) groups excluding carboxylic acids is 1. The van der Waals surface area contributed by atoms with Gasteiger partial charge in [0.25, 0.3) is 11.6 Å². The first kappa shape index (κ1) is 14.5. The van der Waals surface area contributed by atoms with E-state index in [-0.39, 0.29) is 23.0 Å². The number of aryl methyl sites for hydroxylation is 1. The van der Waals surface area contributed by atoms with Gasteiger partial charge in [0.2, 0.25) is 0 Å². The van der Waals surface area contributed by atoms with Crippen LogP contribution >= 0.6 is 0 Å². The fourth-order valence-electron chi connectivity index (χ4n) is 1.99. The van der Waals surface area contributed by atoms with Crippen molar-refractivity contribution in [3.8, 4) is 5.69 Å². The minimum absolute atomic E-state index is 0.0733. The third kappa shape index (κ3) is 2.69. The van der Waals surface area contributed by atoms with E-state index < -0.39 is 4.92 Å². The lowest BCUT2D eigenvalue weighted by Gasteiger charge is -2.08. The van der Waals surface area contributed by atoms with Gasteiger partial charge in [-0.15, -0.1) is 0 Å². The number of nitrogens with zero attached hydrogens (tertiary/aromatic N) is 4. The number of nitro benzene ring substituents is 1. The monoisotopic (exact) mass is 289 g/mol. The largest absolute Gasteiger partial charge is 0.393 e. The van der Waals surface area contributed by atoms with Crippen LogP contribution in [0.2, 0.25) is 0 Å². The zero-order valence-electron chi connectivity index (χ0n) is 11.9. The van der Waals surface area contributed by atoms with Crippen LogP contribution in [0.25, 0.3) is 5.69 Å². The molecule has 110 valence electrons. The van der Waals surface area contributed by atoms with E-state index in [0.717, 1.165) is 0 Å². The van der Waals surface area contributed by atoms with Crippen molar-refractivity contribution in [2.45, 2.75) is 6.92 Å². The summed E-state index contributed by atoms with van der Waals surface area (Å²) in [6, 6.07) is 3.11. The van der Waals surface area contributed by atoms with Crippen molar-refractivity contribution in [3.63, 3.8) is 0 Å². The van der Waals surface area contributed by atoms with Crippen LogP contribution < -0.4 is 5.73 Å². The third-order valence-electron chi connectivity index (χ3n) is 3.00. The average molecular weight is 289 g/mol. The maximum atomic E-state index is 11.8. The van der Waals surface area contributed by atoms with E-state index in [4.69, 9.17) is 5.73 Å². The molecule has 8 nitrogen and oxygen atoms in total. The Morgan fingerprint density at radius 3 is 2.62 bits per heavy atom. The van der Waals surface area contributed by atoms with Crippen molar-refractivity contribution in [2.75, 3.05) is 19.8 Å². The predicted molar refractivity (Wildman–Crippen MR) is 77.4 cm³/mol. The van der Waals surface area contributed by atoms with Crippen molar-refractivity contribution >= 4 is 17.3 Å². The van der Waals surface area contributed by atoms with Gasteiger partial charge < -0.3 is 15.2 Å². The summed E-state index contributed by atoms with van der Waals surface area (Å²) >= 11 is 0. The molecule has 21 heavy (non-hydrogen) atoms. The Morgan fingerprint density at radius 2 is 2.10 bits per heavy atom. The lowest BCUT2D eigenvalue weighted by atomic mass is 10.1. The Balaban J connectivity index is 2.44. The Bertz CT molecular complexity index is 697. The summed E-state index contributed by atoms with van der Waals surface area (Å²) in [5.41, 5.74) is 7.04. The highest BCUT2D eigenvalue weighted by Gasteiger charge is 2.18. The molecule has 1 aromatic heterocycles. The maximum Gasteiger partial charge on any atom is 0.295 e. The SMILES string of the molecule is Cc1cc(-n2cnc(C(=O)N(C)C)c2)cc(N)c1[N+](=O)[O-]. The maximum absolute atomic E-state index is 11.8. The Morgan fingerprint density at radius 1 is 1.43 bits per heavy atom. The van der Waals surface area contributed by atoms with Gasteiger partial charge in [-0.1, -0.05) is 0 Å². The van der Waals surface area contributed by atoms with Crippen LogP contribution in [0, 0.1) is 17.0 Å². The highest BCUT2D eigenvalue weighted by Crippen LogP contribution is 2.28. The Hall–Kier alpha value is -2.90. The van der Waals surface area contributed by atoms with Gasteiger partial charge in [0, 0.05) is 31.5 Å². The fourth-order valence-corrected chi connectivity index (χ4v) is 1.99. The van der Waals surface area contributed by atoms with Crippen LogP contribution in [0.4, 0.5) is 11.4 Å². The minimum Gasteiger partial charge on any atom is -0.393 e. The smallest absolute Gasteiger partial charge is 0.295 e. The number of anilines is 1. The molecule has 0 fully saturated rings. The van der Waals surface area contributed by atoms with Crippen molar-refractivity contribution in [1.29, 1.82) is 0 Å². The summed E-state index contributed by atoms with van der Waals surface area (Å²) in [5.74, 6) is -0.222. The number of aromatic nitrogens is 2. The van der Waals surface area contributed by atoms with E-state index in [0.29, 0.717) is 11.3 Å². The second-order valence-corrected chi connectivity index (χ2v) is 4.82. The molecule has 0 aliphatic carbocycles. The number of carbonyl (C=O) groups is 1. The van der Waals surface area contributed by atoms with Crippen molar-refractivity contribution in [1.82, 2.24) is 14.5 Å². The van der Waals surface area contributed by atoms with Gasteiger partial charge in [0.05, 0.1) is 4.92 Å². The van der Waals surface area contributed by atoms with Gasteiger partial charge in [0.15, 0.2) is 0 Å². The average Bonchev–Trinajstić information content (AvgIpc) is 2.85. The Kier molecular flexibility index (Phi) is 3.62. The van der Waals surface area contributed by atoms with Crippen LogP contribution in [-0.2, 0) is 0 Å². The first-order chi connectivity index (χ1) is 9.81. The zero-order chi connectivity index (χ0) is 15.7. The van der Waals surface area contributed by atoms with Crippen LogP contribution in [0.1, 0.15) is 16.1 Å². The Labute approximate surface area is 121 Å². The molecule has 1 aromatic carbocycles. The van der Waals surface area contributed by atoms with Crippen LogP contribution in [0.3, 0.4) is 0 Å². The molecule has 0 aliphatic rings. The highest BCUT2D eigenvalue weighted by atomic mass is 16.6. The number of hydrogen-bond donors (Lipinski definition) is 1. The molecule has 2 N–H and O–H groups in total. The van der Waals surface area contributed by atoms with Gasteiger partial charge in [0.1, 0.15) is 17.7 Å². The summed E-state index contributed by atoms with van der Waals surface area (Å²) < 4.78 is 1.60. The van der Waals surface area contributed by atoms with Gasteiger partial charge in [-0.25, -0.2) is 4.98 Å². The molecule has 0 atom stereocenters. The zero-order valence-corrected chi connectivity index (χ0v) is 11.9. The number of rotatable bonds is 3. The molecule has 0 saturated heterocycles. The third-order valence-corrected chi connectivity index (χ3v) is 3.00. The van der Waals surface area contributed by atoms with E-state index in [1.165, 1.54) is 17.3 Å². The molecule has 1 amide bonds. The molecular formula is C13H15N5O3. The minimum atomic E-state index is -0.511. The molecule has 0 saturated carbocycles. The first-order valence-electron chi connectivity index (χ1n) is 6.11. The number of imidazole rings is 1. The van der Waals surface area contributed by atoms with Gasteiger partial charge >= 0.3 is 0 Å². The normalized spacial score (nSPS) is 10.4. The number of benzene rings is 1. The van der Waals surface area contributed by atoms with Gasteiger partial charge in [-0.2, -0.15) is 0 Å². The number of hydrogen-bond acceptors (Lipinski definition) is 5. The van der Waals surface area contributed by atoms with Crippen molar-refractivity contribution < 1.29 is 9.72 Å². The number of nitro groups is 1. The lowest BCUT2D eigenvalue weighted by Crippen LogP contribution is -2.21. The molecule has 1 heterocycles. The molecule has 0 unspecified atom stereocenters. The molecule has 2 rings (SSSR count). The first-order valence-corrected chi connectivity index (χ1v) is 6.11. The molecule has 8 heteroatoms. The predicted octanol–water partition coefficient (Wildman–Crippen LogP) is 1.37. The summed E-state index contributed by atoms with van der Waals surface area (Å²) in [7, 11) is 3.27. The topological polar surface area (TPSA) is 107 Å². The van der Waals surface area contributed by atoms with E-state index in [1.807, 2.05) is 0 Å². The highest BCUT2D eigenvalue weighted by molar-refractivity contribution is 5.91. The van der Waals surface area contributed by atoms with E-state index in [9.17, 15) is 14.9 Å². The molecular weight excluding hydrogens is 274 g/mol. The summed E-state index contributed by atoms with van der Waals surface area (Å²) in [4.78, 5) is 27.7. The summed E-state index contributed by atoms with van der Waals surface area (Å²) in [5, 5.41) is 10.9.